The Balaban J connectivity index is 1.71. The predicted octanol–water partition coefficient (Wildman–Crippen LogP) is 2.80. The molecular weight excluding hydrogens is 380 g/mol. The Bertz CT molecular complexity index is 971. The van der Waals surface area contributed by atoms with E-state index in [1.807, 2.05) is 37.3 Å². The highest BCUT2D eigenvalue weighted by Crippen LogP contribution is 2.31. The Kier molecular flexibility index (Phi) is 7.02. The topological polar surface area (TPSA) is 88.4 Å². The van der Waals surface area contributed by atoms with E-state index in [0.29, 0.717) is 54.4 Å². The van der Waals surface area contributed by atoms with Gasteiger partial charge in [0.05, 0.1) is 25.2 Å². The molecule has 0 N–H and O–H groups in total. The summed E-state index contributed by atoms with van der Waals surface area (Å²) in [7, 11) is 1.76. The van der Waals surface area contributed by atoms with Gasteiger partial charge in [-0.25, -0.2) is 14.5 Å². The molecule has 0 saturated heterocycles. The summed E-state index contributed by atoms with van der Waals surface area (Å²) >= 11 is 1.05. The van der Waals surface area contributed by atoms with Gasteiger partial charge in [0.25, 0.3) is 0 Å². The molecule has 0 unspecified atom stereocenters. The number of aromatic nitrogens is 4. The van der Waals surface area contributed by atoms with Crippen molar-refractivity contribution >= 4 is 28.7 Å². The van der Waals surface area contributed by atoms with E-state index in [1.54, 1.807) is 17.7 Å². The van der Waals surface area contributed by atoms with Crippen molar-refractivity contribution in [1.29, 1.82) is 0 Å². The molecule has 0 spiro atoms. The molecule has 9 heteroatoms. The van der Waals surface area contributed by atoms with Crippen LogP contribution in [-0.4, -0.2) is 45.5 Å². The number of nitrogens with zero attached hydrogens (tertiary/aromatic N) is 4. The molecule has 0 saturated carbocycles. The van der Waals surface area contributed by atoms with E-state index in [-0.39, 0.29) is 0 Å². The van der Waals surface area contributed by atoms with E-state index in [2.05, 4.69) is 15.1 Å². The largest absolute Gasteiger partial charge is 0.476 e. The van der Waals surface area contributed by atoms with Crippen LogP contribution >= 0.6 is 11.8 Å². The van der Waals surface area contributed by atoms with Gasteiger partial charge in [-0.3, -0.25) is 0 Å². The normalized spacial score (nSPS) is 10.6. The molecule has 0 aliphatic rings. The number of benzene rings is 1. The van der Waals surface area contributed by atoms with Crippen molar-refractivity contribution in [2.24, 2.45) is 7.05 Å². The zero-order valence-corrected chi connectivity index (χ0v) is 16.4. The van der Waals surface area contributed by atoms with Crippen LogP contribution in [0, 0.1) is 0 Å². The highest BCUT2D eigenvalue weighted by Gasteiger charge is 2.19. The van der Waals surface area contributed by atoms with Crippen LogP contribution in [0.3, 0.4) is 0 Å². The van der Waals surface area contributed by atoms with Crippen molar-refractivity contribution in [3.8, 4) is 11.8 Å². The summed E-state index contributed by atoms with van der Waals surface area (Å²) < 4.78 is 18.7. The SMILES string of the molecule is CCOc1nc(SC=C=O)nc2c(OCCOCc3ccccc3)n(C)nc12. The summed E-state index contributed by atoms with van der Waals surface area (Å²) in [5.41, 5.74) is 2.13. The van der Waals surface area contributed by atoms with Crippen LogP contribution in [0.1, 0.15) is 12.5 Å². The molecule has 0 amide bonds. The van der Waals surface area contributed by atoms with Gasteiger partial charge in [0, 0.05) is 7.05 Å². The first-order chi connectivity index (χ1) is 13.7. The number of hydrogen-bond acceptors (Lipinski definition) is 8. The first-order valence-corrected chi connectivity index (χ1v) is 9.59. The maximum absolute atomic E-state index is 10.5. The van der Waals surface area contributed by atoms with Gasteiger partial charge in [0.15, 0.2) is 16.2 Å². The number of rotatable bonds is 10. The van der Waals surface area contributed by atoms with Crippen molar-refractivity contribution in [2.75, 3.05) is 19.8 Å². The fourth-order valence-electron chi connectivity index (χ4n) is 2.49. The third-order valence-electron chi connectivity index (χ3n) is 3.65. The van der Waals surface area contributed by atoms with Crippen LogP contribution in [0.25, 0.3) is 11.0 Å². The maximum Gasteiger partial charge on any atom is 0.246 e. The Hall–Kier alpha value is -2.87. The molecule has 0 aliphatic heterocycles. The fourth-order valence-corrected chi connectivity index (χ4v) is 2.93. The average molecular weight is 400 g/mol. The molecule has 0 atom stereocenters. The van der Waals surface area contributed by atoms with Crippen LogP contribution < -0.4 is 9.47 Å². The van der Waals surface area contributed by atoms with Crippen molar-refractivity contribution in [3.63, 3.8) is 0 Å². The summed E-state index contributed by atoms with van der Waals surface area (Å²) in [6.07, 6.45) is 0. The van der Waals surface area contributed by atoms with Crippen LogP contribution in [0.15, 0.2) is 40.9 Å². The summed E-state index contributed by atoms with van der Waals surface area (Å²) in [4.78, 5) is 19.2. The summed E-state index contributed by atoms with van der Waals surface area (Å²) in [5.74, 6) is 2.53. The van der Waals surface area contributed by atoms with Crippen molar-refractivity contribution < 1.29 is 19.0 Å². The minimum absolute atomic E-state index is 0.339. The minimum Gasteiger partial charge on any atom is -0.476 e. The van der Waals surface area contributed by atoms with Crippen LogP contribution in [-0.2, 0) is 23.2 Å². The molecule has 1 aromatic carbocycles. The van der Waals surface area contributed by atoms with Gasteiger partial charge in [-0.2, -0.15) is 10.1 Å². The van der Waals surface area contributed by atoms with Gasteiger partial charge in [0.2, 0.25) is 11.8 Å². The number of aryl methyl sites for hydroxylation is 1. The van der Waals surface area contributed by atoms with Crippen LogP contribution in [0.4, 0.5) is 0 Å². The molecule has 2 aromatic heterocycles. The second kappa shape index (κ2) is 9.89. The highest BCUT2D eigenvalue weighted by atomic mass is 32.2. The Morgan fingerprint density at radius 2 is 1.96 bits per heavy atom. The molecular formula is C19H20N4O4S. The lowest BCUT2D eigenvalue weighted by molar-refractivity contribution is 0.0865. The third-order valence-corrected chi connectivity index (χ3v) is 4.26. The molecule has 0 aliphatic carbocycles. The maximum atomic E-state index is 10.5. The lowest BCUT2D eigenvalue weighted by Gasteiger charge is -2.08. The van der Waals surface area contributed by atoms with E-state index in [0.717, 1.165) is 17.3 Å². The van der Waals surface area contributed by atoms with E-state index in [1.165, 1.54) is 5.41 Å². The first-order valence-electron chi connectivity index (χ1n) is 8.71. The minimum atomic E-state index is 0.339. The molecule has 0 bridgehead atoms. The summed E-state index contributed by atoms with van der Waals surface area (Å²) in [6, 6.07) is 9.93. The molecule has 3 aromatic rings. The van der Waals surface area contributed by atoms with Crippen LogP contribution in [0.2, 0.25) is 0 Å². The second-order valence-electron chi connectivity index (χ2n) is 5.61. The predicted molar refractivity (Wildman–Crippen MR) is 105 cm³/mol. The van der Waals surface area contributed by atoms with Gasteiger partial charge in [0.1, 0.15) is 12.5 Å². The second-order valence-corrected chi connectivity index (χ2v) is 6.45. The number of fused-ring (bicyclic) bond motifs is 1. The number of thioether (sulfide) groups is 1. The molecule has 0 radical (unpaired) electrons. The number of hydrogen-bond donors (Lipinski definition) is 0. The lowest BCUT2D eigenvalue weighted by atomic mass is 10.2. The van der Waals surface area contributed by atoms with Gasteiger partial charge >= 0.3 is 0 Å². The zero-order valence-electron chi connectivity index (χ0n) is 15.6. The van der Waals surface area contributed by atoms with E-state index >= 15 is 0 Å². The summed E-state index contributed by atoms with van der Waals surface area (Å²) in [5, 5.41) is 6.00. The monoisotopic (exact) mass is 400 g/mol. The van der Waals surface area contributed by atoms with Crippen LogP contribution in [0.5, 0.6) is 11.8 Å². The highest BCUT2D eigenvalue weighted by molar-refractivity contribution is 8.02. The van der Waals surface area contributed by atoms with Crippen molar-refractivity contribution in [3.05, 3.63) is 41.3 Å². The fraction of sp³-hybridized carbons (Fsp3) is 0.316. The standard InChI is InChI=1S/C19H20N4O4S/c1-3-26-17-15-16(20-19(21-17)28-12-9-24)18(23(2)22-15)27-11-10-25-13-14-7-5-4-6-8-14/h4-8,12H,3,10-11,13H2,1-2H3. The zero-order chi connectivity index (χ0) is 19.8. The lowest BCUT2D eigenvalue weighted by Crippen LogP contribution is -2.09. The Morgan fingerprint density at radius 3 is 2.71 bits per heavy atom. The molecule has 2 heterocycles. The Labute approximate surface area is 166 Å². The molecule has 0 fully saturated rings. The molecule has 28 heavy (non-hydrogen) atoms. The number of carbonyl (C=O) groups excluding carboxylic acids is 1. The van der Waals surface area contributed by atoms with Crippen molar-refractivity contribution in [2.45, 2.75) is 18.7 Å². The van der Waals surface area contributed by atoms with E-state index in [4.69, 9.17) is 14.2 Å². The smallest absolute Gasteiger partial charge is 0.246 e. The first kappa shape index (κ1) is 19.9. The number of ether oxygens (including phenoxy) is 3. The Morgan fingerprint density at radius 1 is 1.14 bits per heavy atom. The molecule has 3 rings (SSSR count). The quantitative estimate of drug-likeness (QED) is 0.222. The third kappa shape index (κ3) is 4.89. The molecule has 8 nitrogen and oxygen atoms in total. The van der Waals surface area contributed by atoms with E-state index in [9.17, 15) is 4.79 Å². The average Bonchev–Trinajstić information content (AvgIpc) is 3.03. The molecule has 146 valence electrons. The van der Waals surface area contributed by atoms with Gasteiger partial charge in [-0.05, 0) is 24.2 Å². The van der Waals surface area contributed by atoms with E-state index < -0.39 is 0 Å². The summed E-state index contributed by atoms with van der Waals surface area (Å²) in [6.45, 7) is 3.56. The van der Waals surface area contributed by atoms with Gasteiger partial charge < -0.3 is 14.2 Å². The van der Waals surface area contributed by atoms with Crippen molar-refractivity contribution in [1.82, 2.24) is 19.7 Å². The van der Waals surface area contributed by atoms with Gasteiger partial charge in [-0.15, -0.1) is 0 Å². The van der Waals surface area contributed by atoms with Gasteiger partial charge in [-0.1, -0.05) is 30.3 Å².